The number of rotatable bonds is 11. The first-order valence-electron chi connectivity index (χ1n) is 14.3. The molecule has 0 bridgehead atoms. The first kappa shape index (κ1) is 30.4. The fourth-order valence-corrected chi connectivity index (χ4v) is 6.58. The maximum Gasteiger partial charge on any atom is 0.253 e. The van der Waals surface area contributed by atoms with Crippen LogP contribution in [0.4, 0.5) is 8.78 Å². The third kappa shape index (κ3) is 7.35. The molecular weight excluding hydrogens is 615 g/mol. The van der Waals surface area contributed by atoms with Gasteiger partial charge in [0.15, 0.2) is 11.0 Å². The zero-order chi connectivity index (χ0) is 31.2. The molecule has 0 saturated heterocycles. The van der Waals surface area contributed by atoms with Crippen molar-refractivity contribution < 1.29 is 18.4 Å². The van der Waals surface area contributed by atoms with E-state index < -0.39 is 11.7 Å². The van der Waals surface area contributed by atoms with Crippen LogP contribution in [0.1, 0.15) is 44.6 Å². The summed E-state index contributed by atoms with van der Waals surface area (Å²) in [4.78, 5) is 27.3. The Morgan fingerprint density at radius 2 is 1.76 bits per heavy atom. The Labute approximate surface area is 266 Å². The molecule has 45 heavy (non-hydrogen) atoms. The van der Waals surface area contributed by atoms with E-state index in [2.05, 4.69) is 15.5 Å². The molecule has 3 aromatic carbocycles. The van der Waals surface area contributed by atoms with Gasteiger partial charge in [-0.05, 0) is 59.3 Å². The maximum absolute atomic E-state index is 13.7. The number of benzene rings is 3. The summed E-state index contributed by atoms with van der Waals surface area (Å²) in [5.74, 6) is -0.950. The van der Waals surface area contributed by atoms with Crippen molar-refractivity contribution in [1.82, 2.24) is 25.1 Å². The molecule has 1 aliphatic rings. The summed E-state index contributed by atoms with van der Waals surface area (Å²) >= 11 is 2.79. The van der Waals surface area contributed by atoms with Crippen molar-refractivity contribution in [3.63, 3.8) is 0 Å². The van der Waals surface area contributed by atoms with Gasteiger partial charge in [0.1, 0.15) is 11.6 Å². The lowest BCUT2D eigenvalue weighted by Gasteiger charge is -2.22. The molecule has 228 valence electrons. The number of thioether (sulfide) groups is 1. The highest BCUT2D eigenvalue weighted by Gasteiger charge is 2.33. The second kappa shape index (κ2) is 14.0. The van der Waals surface area contributed by atoms with Gasteiger partial charge in [-0.2, -0.15) is 5.10 Å². The van der Waals surface area contributed by atoms with E-state index in [1.54, 1.807) is 23.5 Å². The number of carbonyl (C=O) groups is 2. The monoisotopic (exact) mass is 642 g/mol. The summed E-state index contributed by atoms with van der Waals surface area (Å²) in [6.07, 6.45) is 1.20. The SMILES string of the molecule is O=C(NCc1nnc(SCC(=O)N2N=C(c3cccs3)C[C@H]2c2ccc(F)cc2)n1CCc1ccccc1)c1cccc(F)c1. The fraction of sp³-hybridized carbons (Fsp3) is 0.182. The lowest BCUT2D eigenvalue weighted by atomic mass is 10.0. The summed E-state index contributed by atoms with van der Waals surface area (Å²) in [6.45, 7) is 0.584. The smallest absolute Gasteiger partial charge is 0.253 e. The second-order valence-electron chi connectivity index (χ2n) is 10.3. The molecule has 0 saturated carbocycles. The van der Waals surface area contributed by atoms with Crippen molar-refractivity contribution in [2.75, 3.05) is 5.75 Å². The molecule has 0 radical (unpaired) electrons. The molecule has 0 unspecified atom stereocenters. The number of thiophene rings is 1. The highest BCUT2D eigenvalue weighted by molar-refractivity contribution is 7.99. The Morgan fingerprint density at radius 1 is 0.933 bits per heavy atom. The van der Waals surface area contributed by atoms with E-state index >= 15 is 0 Å². The summed E-state index contributed by atoms with van der Waals surface area (Å²) in [6, 6.07) is 25.1. The van der Waals surface area contributed by atoms with Crippen LogP contribution in [0.2, 0.25) is 0 Å². The van der Waals surface area contributed by atoms with Gasteiger partial charge >= 0.3 is 0 Å². The van der Waals surface area contributed by atoms with Crippen LogP contribution in [0.3, 0.4) is 0 Å². The van der Waals surface area contributed by atoms with Gasteiger partial charge in [-0.1, -0.05) is 66.4 Å². The highest BCUT2D eigenvalue weighted by Crippen LogP contribution is 2.34. The lowest BCUT2D eigenvalue weighted by molar-refractivity contribution is -0.130. The highest BCUT2D eigenvalue weighted by atomic mass is 32.2. The average Bonchev–Trinajstić information content (AvgIpc) is 3.83. The minimum absolute atomic E-state index is 0.0397. The van der Waals surface area contributed by atoms with Gasteiger partial charge in [0.2, 0.25) is 0 Å². The van der Waals surface area contributed by atoms with E-state index in [1.165, 1.54) is 53.2 Å². The number of hydrazone groups is 1. The largest absolute Gasteiger partial charge is 0.345 e. The standard InChI is InChI=1S/C33H28F2N6O2S2/c34-25-13-11-23(12-14-25)28-19-27(29-10-5-17-44-29)39-41(28)31(42)21-45-33-38-37-30(40(33)16-15-22-6-2-1-3-7-22)20-36-32(43)24-8-4-9-26(35)18-24/h1-14,17-18,28H,15-16,19-21H2,(H,36,43)/t28-/m0/s1. The summed E-state index contributed by atoms with van der Waals surface area (Å²) in [7, 11) is 0. The van der Waals surface area contributed by atoms with Crippen molar-refractivity contribution >= 4 is 40.6 Å². The van der Waals surface area contributed by atoms with E-state index in [1.807, 2.05) is 52.4 Å². The molecule has 1 N–H and O–H groups in total. The molecule has 0 fully saturated rings. The van der Waals surface area contributed by atoms with Gasteiger partial charge in [-0.3, -0.25) is 9.59 Å². The van der Waals surface area contributed by atoms with E-state index in [-0.39, 0.29) is 35.6 Å². The van der Waals surface area contributed by atoms with Crippen LogP contribution in [0, 0.1) is 11.6 Å². The van der Waals surface area contributed by atoms with Gasteiger partial charge in [-0.15, -0.1) is 21.5 Å². The number of aromatic nitrogens is 3. The quantitative estimate of drug-likeness (QED) is 0.172. The first-order chi connectivity index (χ1) is 21.9. The number of hydrogen-bond acceptors (Lipinski definition) is 7. The molecule has 5 aromatic rings. The number of halogens is 2. The normalized spacial score (nSPS) is 14.4. The van der Waals surface area contributed by atoms with E-state index in [0.717, 1.165) is 21.7 Å². The molecule has 3 heterocycles. The minimum Gasteiger partial charge on any atom is -0.345 e. The van der Waals surface area contributed by atoms with Crippen LogP contribution < -0.4 is 5.32 Å². The number of amides is 2. The van der Waals surface area contributed by atoms with Crippen molar-refractivity contribution in [3.8, 4) is 0 Å². The first-order valence-corrected chi connectivity index (χ1v) is 16.1. The van der Waals surface area contributed by atoms with Crippen molar-refractivity contribution in [2.45, 2.75) is 37.1 Å². The maximum atomic E-state index is 13.7. The average molecular weight is 643 g/mol. The van der Waals surface area contributed by atoms with Crippen LogP contribution in [-0.2, 0) is 24.3 Å². The molecule has 0 spiro atoms. The van der Waals surface area contributed by atoms with Gasteiger partial charge in [0, 0.05) is 18.5 Å². The Bertz CT molecular complexity index is 1810. The predicted molar refractivity (Wildman–Crippen MR) is 170 cm³/mol. The summed E-state index contributed by atoms with van der Waals surface area (Å²) in [5.41, 5.74) is 2.92. The molecule has 2 aromatic heterocycles. The second-order valence-corrected chi connectivity index (χ2v) is 12.2. The molecule has 0 aliphatic carbocycles. The molecular formula is C33H28F2N6O2S2. The zero-order valence-corrected chi connectivity index (χ0v) is 25.6. The van der Waals surface area contributed by atoms with Gasteiger partial charge in [0.05, 0.1) is 28.9 Å². The van der Waals surface area contributed by atoms with Crippen LogP contribution >= 0.6 is 23.1 Å². The number of aryl methyl sites for hydroxylation is 1. The molecule has 1 aliphatic heterocycles. The fourth-order valence-electron chi connectivity index (χ4n) is 5.03. The summed E-state index contributed by atoms with van der Waals surface area (Å²) in [5, 5.41) is 20.1. The molecule has 1 atom stereocenters. The van der Waals surface area contributed by atoms with E-state index in [0.29, 0.717) is 30.4 Å². The van der Waals surface area contributed by atoms with Crippen LogP contribution in [-0.4, -0.2) is 43.1 Å². The number of nitrogens with zero attached hydrogens (tertiary/aromatic N) is 5. The molecule has 2 amide bonds. The van der Waals surface area contributed by atoms with Crippen molar-refractivity contribution in [1.29, 1.82) is 0 Å². The Kier molecular flexibility index (Phi) is 9.41. The van der Waals surface area contributed by atoms with E-state index in [4.69, 9.17) is 5.10 Å². The zero-order valence-electron chi connectivity index (χ0n) is 24.0. The Balaban J connectivity index is 1.19. The molecule has 6 rings (SSSR count). The number of carbonyl (C=O) groups excluding carboxylic acids is 2. The third-order valence-electron chi connectivity index (χ3n) is 7.31. The van der Waals surface area contributed by atoms with Crippen LogP contribution in [0.25, 0.3) is 0 Å². The minimum atomic E-state index is -0.497. The lowest BCUT2D eigenvalue weighted by Crippen LogP contribution is -2.28. The van der Waals surface area contributed by atoms with Crippen molar-refractivity contribution in [3.05, 3.63) is 135 Å². The van der Waals surface area contributed by atoms with E-state index in [9.17, 15) is 18.4 Å². The molecule has 8 nitrogen and oxygen atoms in total. The van der Waals surface area contributed by atoms with Gasteiger partial charge < -0.3 is 9.88 Å². The predicted octanol–water partition coefficient (Wildman–Crippen LogP) is 6.26. The molecule has 12 heteroatoms. The summed E-state index contributed by atoms with van der Waals surface area (Å²) < 4.78 is 29.2. The topological polar surface area (TPSA) is 92.5 Å². The van der Waals surface area contributed by atoms with Crippen LogP contribution in [0.15, 0.2) is 107 Å². The van der Waals surface area contributed by atoms with Gasteiger partial charge in [0.25, 0.3) is 11.8 Å². The third-order valence-corrected chi connectivity index (χ3v) is 9.18. The number of nitrogens with one attached hydrogen (secondary N) is 1. The number of hydrogen-bond donors (Lipinski definition) is 1. The van der Waals surface area contributed by atoms with Crippen LogP contribution in [0.5, 0.6) is 0 Å². The Hall–Kier alpha value is -4.68. The van der Waals surface area contributed by atoms with Gasteiger partial charge in [-0.25, -0.2) is 13.8 Å². The Morgan fingerprint density at radius 3 is 2.51 bits per heavy atom. The van der Waals surface area contributed by atoms with Crippen molar-refractivity contribution in [2.24, 2.45) is 5.10 Å².